The summed E-state index contributed by atoms with van der Waals surface area (Å²) >= 11 is 40.7. The fraction of sp³-hybridized carbons (Fsp3) is 0.277. The van der Waals surface area contributed by atoms with Gasteiger partial charge in [-0.25, -0.2) is 16.8 Å². The summed E-state index contributed by atoms with van der Waals surface area (Å²) in [5, 5.41) is 3.04. The Morgan fingerprint density at radius 1 is 0.473 bits per heavy atom. The molecule has 0 radical (unpaired) electrons. The Bertz CT molecular complexity index is 3930. The third-order valence-electron chi connectivity index (χ3n) is 11.9. The third kappa shape index (κ3) is 23.8. The van der Waals surface area contributed by atoms with Crippen LogP contribution in [0.25, 0.3) is 0 Å². The number of hydrogen-bond acceptors (Lipinski definition) is 18. The molecule has 3 aliphatic rings. The Hall–Kier alpha value is -2.79. The van der Waals surface area contributed by atoms with Crippen LogP contribution in [0.3, 0.4) is 0 Å². The standard InChI is InChI=1S/C14H13ClO4S2.C14H13ClO2S2.C12H8Cl2S2.C12H9ClO3S2.C8H9BrO2S.C2H6.3CH4/c1-9-13(8-12(20-9)14-18-5-6-19-14)21(16,17)11-4-2-3-10(15)7-11;1-9-12(19-11-4-2-3-10(15)7-11)8-13(18-9)14-16-5-6-17-14;13-9-3-1-5-11(7-9)15-16-12-6-2-4-10(14)8-12;1-8-12(6-10(7-14)17-8)18(15,16)11-4-2-3-9(13)5-11;1-5-6(9)4-7(12-5)8-10-2-3-11-8;1-2;;;/h2-4,7-8,14H,5-6H2,1H3;2-4,7-8,14H,5-6H2,1H3;1-8H;2-7H,1H3;4,8H,2-3H2,1H3;1-2H3;3*1H4/i;;;;;1D;;;. The van der Waals surface area contributed by atoms with Crippen molar-refractivity contribution in [1.29, 1.82) is 0 Å². The van der Waals surface area contributed by atoms with E-state index in [9.17, 15) is 21.6 Å². The molecule has 0 N–H and O–H groups in total. The van der Waals surface area contributed by atoms with Crippen molar-refractivity contribution in [2.45, 2.75) is 122 Å². The van der Waals surface area contributed by atoms with Gasteiger partial charge in [0.15, 0.2) is 25.2 Å². The molecule has 11 nitrogen and oxygen atoms in total. The summed E-state index contributed by atoms with van der Waals surface area (Å²) in [5.41, 5.74) is 0. The second-order valence-corrected chi connectivity index (χ2v) is 33.6. The van der Waals surface area contributed by atoms with Crippen LogP contribution in [0.2, 0.25) is 25.1 Å². The normalized spacial score (nSPS) is 13.9. The van der Waals surface area contributed by atoms with Gasteiger partial charge in [0.1, 0.15) is 0 Å². The lowest BCUT2D eigenvalue weighted by Crippen LogP contribution is -2.02. The number of aryl methyl sites for hydroxylation is 4. The number of benzene rings is 5. The lowest BCUT2D eigenvalue weighted by atomic mass is 10.4. The maximum absolute atomic E-state index is 12.7. The van der Waals surface area contributed by atoms with Crippen molar-refractivity contribution in [2.75, 3.05) is 39.6 Å². The number of thiophene rings is 4. The van der Waals surface area contributed by atoms with E-state index in [2.05, 4.69) is 48.0 Å². The highest BCUT2D eigenvalue weighted by Crippen LogP contribution is 2.42. The van der Waals surface area contributed by atoms with Crippen LogP contribution < -0.4 is 0 Å². The molecule has 492 valence electrons. The molecule has 0 spiro atoms. The minimum Gasteiger partial charge on any atom is -0.345 e. The van der Waals surface area contributed by atoms with Crippen molar-refractivity contribution in [1.82, 2.24) is 0 Å². The first-order valence-corrected chi connectivity index (χ1v) is 38.3. The van der Waals surface area contributed by atoms with Crippen molar-refractivity contribution >= 4 is 179 Å². The van der Waals surface area contributed by atoms with Gasteiger partial charge in [-0.3, -0.25) is 4.79 Å². The van der Waals surface area contributed by atoms with E-state index in [0.717, 1.165) is 60.2 Å². The Morgan fingerprint density at radius 2 is 0.813 bits per heavy atom. The van der Waals surface area contributed by atoms with Gasteiger partial charge in [0, 0.05) is 70.0 Å². The average Bonchev–Trinajstić information content (AvgIpc) is 1.96. The van der Waals surface area contributed by atoms with Crippen LogP contribution in [0.4, 0.5) is 0 Å². The average molecular weight is 1570 g/mol. The van der Waals surface area contributed by atoms with E-state index < -0.39 is 26.0 Å². The molecule has 0 unspecified atom stereocenters. The monoisotopic (exact) mass is 1570 g/mol. The number of sulfone groups is 2. The maximum Gasteiger partial charge on any atom is 0.207 e. The van der Waals surface area contributed by atoms with E-state index in [-0.39, 0.29) is 54.4 Å². The summed E-state index contributed by atoms with van der Waals surface area (Å²) in [4.78, 5) is 23.4. The van der Waals surface area contributed by atoms with E-state index in [1.807, 2.05) is 66.7 Å². The number of hydrogen-bond donors (Lipinski definition) is 0. The number of rotatable bonds is 13. The molecule has 9 aromatic rings. The molecular weight excluding hydrogens is 1500 g/mol. The summed E-state index contributed by atoms with van der Waals surface area (Å²) in [6.07, 6.45) is -0.122. The first-order valence-electron chi connectivity index (χ1n) is 27.1. The zero-order chi connectivity index (χ0) is 64.3. The molecule has 4 aromatic heterocycles. The van der Waals surface area contributed by atoms with Gasteiger partial charge >= 0.3 is 0 Å². The van der Waals surface area contributed by atoms with Crippen LogP contribution in [-0.2, 0) is 48.1 Å². The van der Waals surface area contributed by atoms with E-state index in [1.54, 1.807) is 113 Å². The molecule has 12 rings (SSSR count). The minimum atomic E-state index is -3.61. The first-order chi connectivity index (χ1) is 42.6. The van der Waals surface area contributed by atoms with Gasteiger partial charge in [-0.1, -0.05) is 158 Å². The highest BCUT2D eigenvalue weighted by atomic mass is 79.9. The second-order valence-electron chi connectivity index (χ2n) is 18.2. The van der Waals surface area contributed by atoms with Crippen LogP contribution in [0, 0.1) is 27.7 Å². The Kier molecular flexibility index (Phi) is 34.2. The summed E-state index contributed by atoms with van der Waals surface area (Å²) in [7, 11) is -3.86. The summed E-state index contributed by atoms with van der Waals surface area (Å²) in [6.45, 7) is 13.8. The fourth-order valence-corrected chi connectivity index (χ4v) is 20.5. The molecule has 0 saturated carbocycles. The predicted molar refractivity (Wildman–Crippen MR) is 389 cm³/mol. The smallest absolute Gasteiger partial charge is 0.207 e. The van der Waals surface area contributed by atoms with Gasteiger partial charge in [-0.2, -0.15) is 0 Å². The quantitative estimate of drug-likeness (QED) is 0.0798. The van der Waals surface area contributed by atoms with E-state index in [0.29, 0.717) is 77.5 Å². The number of aldehydes is 1. The Labute approximate surface area is 599 Å². The van der Waals surface area contributed by atoms with Crippen molar-refractivity contribution in [3.63, 3.8) is 0 Å². The largest absolute Gasteiger partial charge is 0.345 e. The summed E-state index contributed by atoms with van der Waals surface area (Å²) in [5.74, 6) is 0. The van der Waals surface area contributed by atoms with Gasteiger partial charge in [0.25, 0.3) is 0 Å². The highest BCUT2D eigenvalue weighted by Gasteiger charge is 2.28. The molecule has 0 atom stereocenters. The molecule has 26 heteroatoms. The molecule has 3 fully saturated rings. The zero-order valence-corrected chi connectivity index (χ0v) is 60.3. The molecule has 91 heavy (non-hydrogen) atoms. The number of ether oxygens (including phenoxy) is 6. The maximum atomic E-state index is 12.7. The van der Waals surface area contributed by atoms with Crippen LogP contribution in [-0.4, -0.2) is 62.8 Å². The zero-order valence-electron chi connectivity index (χ0n) is 48.5. The Balaban J connectivity index is 0.000000243. The Morgan fingerprint density at radius 3 is 1.20 bits per heavy atom. The SMILES string of the molecule is C.C.C.Cc1sc(C2OCCO2)cc1Br.Cc1sc(C2OCCO2)cc1S(=O)(=O)c1cccc(Cl)c1.Cc1sc(C2OCCO2)cc1Sc1cccc(Cl)c1.Cc1sc(C=O)cc1S(=O)(=O)c1cccc(Cl)c1.Clc1cccc(SSc2cccc(Cl)c2)c1.[2H]CC. The van der Waals surface area contributed by atoms with E-state index in [1.165, 1.54) is 50.3 Å². The molecule has 0 amide bonds. The van der Waals surface area contributed by atoms with Gasteiger partial charge in [0.05, 0.1) is 78.7 Å². The molecule has 0 aliphatic carbocycles. The molecule has 0 bridgehead atoms. The van der Waals surface area contributed by atoms with Gasteiger partial charge in [0.2, 0.25) is 19.7 Å². The molecule has 7 heterocycles. The topological polar surface area (TPSA) is 141 Å². The fourth-order valence-electron chi connectivity index (χ4n) is 7.87. The minimum absolute atomic E-state index is 0. The molecule has 3 saturated heterocycles. The van der Waals surface area contributed by atoms with Gasteiger partial charge in [-0.15, -0.1) is 45.3 Å². The third-order valence-corrected chi connectivity index (χ3v) is 26.0. The first kappa shape index (κ1) is 78.9. The molecule has 5 aromatic carbocycles. The predicted octanol–water partition coefficient (Wildman–Crippen LogP) is 23.4. The van der Waals surface area contributed by atoms with E-state index >= 15 is 0 Å². The van der Waals surface area contributed by atoms with Crippen molar-refractivity contribution in [3.8, 4) is 0 Å². The van der Waals surface area contributed by atoms with E-state index in [4.69, 9.17) is 87.8 Å². The van der Waals surface area contributed by atoms with Gasteiger partial charge in [-0.05, 0) is 159 Å². The van der Waals surface area contributed by atoms with Crippen LogP contribution in [0.5, 0.6) is 0 Å². The number of carbonyl (C=O) groups excluding carboxylic acids is 1. The summed E-state index contributed by atoms with van der Waals surface area (Å²) in [6, 6.07) is 43.1. The molecule has 3 aliphatic heterocycles. The lowest BCUT2D eigenvalue weighted by molar-refractivity contribution is -0.0416. The highest BCUT2D eigenvalue weighted by molar-refractivity contribution is 9.10. The number of carbonyl (C=O) groups is 1. The lowest BCUT2D eigenvalue weighted by Gasteiger charge is -2.05. The van der Waals surface area contributed by atoms with Crippen molar-refractivity contribution in [3.05, 3.63) is 214 Å². The molecular formula is C65H70BrCl5O11S9. The van der Waals surface area contributed by atoms with Crippen LogP contribution >= 0.6 is 153 Å². The van der Waals surface area contributed by atoms with Crippen molar-refractivity contribution in [2.24, 2.45) is 0 Å². The van der Waals surface area contributed by atoms with Gasteiger partial charge < -0.3 is 28.4 Å². The summed E-state index contributed by atoms with van der Waals surface area (Å²) < 4.78 is 90.1. The van der Waals surface area contributed by atoms with Crippen LogP contribution in [0.15, 0.2) is 189 Å². The number of halogens is 6. The van der Waals surface area contributed by atoms with Crippen molar-refractivity contribution < 1.29 is 51.4 Å². The van der Waals surface area contributed by atoms with Crippen LogP contribution in [0.1, 0.15) is 100 Å². The second kappa shape index (κ2) is 39.4.